The number of rotatable bonds is 6. The summed E-state index contributed by atoms with van der Waals surface area (Å²) < 4.78 is 0. The van der Waals surface area contributed by atoms with E-state index in [4.69, 9.17) is 4.98 Å². The molecule has 0 unspecified atom stereocenters. The summed E-state index contributed by atoms with van der Waals surface area (Å²) in [5, 5.41) is 12.3. The number of para-hydroxylation sites is 1. The number of nitrogens with zero attached hydrogens (tertiary/aromatic N) is 4. The van der Waals surface area contributed by atoms with E-state index in [0.717, 1.165) is 21.4 Å². The number of H-pyrrole nitrogens is 1. The van der Waals surface area contributed by atoms with Crippen molar-refractivity contribution in [3.63, 3.8) is 0 Å². The van der Waals surface area contributed by atoms with Crippen molar-refractivity contribution in [1.29, 1.82) is 0 Å². The highest BCUT2D eigenvalue weighted by molar-refractivity contribution is 7.99. The van der Waals surface area contributed by atoms with E-state index in [-0.39, 0.29) is 0 Å². The van der Waals surface area contributed by atoms with Gasteiger partial charge in [-0.15, -0.1) is 0 Å². The molecule has 0 radical (unpaired) electrons. The standard InChI is InChI=1S/C24H20N6S/c1-16-8-7-9-17(14-16)15-21-25-23(27-22-19-12-5-6-13-20(19)29-30-22)28-24(26-21)31-18-10-3-2-4-11-18/h2-14H,15H2,1H3,(H2,25,26,27,28,29,30). The van der Waals surface area contributed by atoms with E-state index < -0.39 is 0 Å². The van der Waals surface area contributed by atoms with Gasteiger partial charge in [0, 0.05) is 16.7 Å². The molecule has 3 aromatic carbocycles. The largest absolute Gasteiger partial charge is 0.307 e. The van der Waals surface area contributed by atoms with Crippen LogP contribution in [-0.2, 0) is 6.42 Å². The van der Waals surface area contributed by atoms with Gasteiger partial charge in [0.15, 0.2) is 11.0 Å². The third-order valence-electron chi connectivity index (χ3n) is 4.76. The lowest BCUT2D eigenvalue weighted by Gasteiger charge is -2.08. The monoisotopic (exact) mass is 424 g/mol. The minimum atomic E-state index is 0.480. The second-order valence-corrected chi connectivity index (χ2v) is 8.22. The summed E-state index contributed by atoms with van der Waals surface area (Å²) in [6, 6.07) is 26.4. The fourth-order valence-electron chi connectivity index (χ4n) is 3.34. The Balaban J connectivity index is 1.50. The van der Waals surface area contributed by atoms with Gasteiger partial charge in [0.05, 0.1) is 5.52 Å². The fraction of sp³-hybridized carbons (Fsp3) is 0.0833. The molecule has 31 heavy (non-hydrogen) atoms. The number of aryl methyl sites for hydroxylation is 1. The highest BCUT2D eigenvalue weighted by Gasteiger charge is 2.12. The van der Waals surface area contributed by atoms with Crippen LogP contribution in [0.15, 0.2) is 88.9 Å². The average molecular weight is 425 g/mol. The molecule has 2 aromatic heterocycles. The molecule has 0 aliphatic carbocycles. The van der Waals surface area contributed by atoms with Crippen LogP contribution in [0.4, 0.5) is 11.8 Å². The first-order valence-electron chi connectivity index (χ1n) is 9.96. The molecule has 0 saturated heterocycles. The number of anilines is 2. The van der Waals surface area contributed by atoms with Crippen LogP contribution in [0.25, 0.3) is 10.9 Å². The van der Waals surface area contributed by atoms with Gasteiger partial charge in [-0.25, -0.2) is 4.98 Å². The fourth-order valence-corrected chi connectivity index (χ4v) is 4.13. The van der Waals surface area contributed by atoms with Gasteiger partial charge in [0.2, 0.25) is 5.95 Å². The first-order chi connectivity index (χ1) is 15.2. The van der Waals surface area contributed by atoms with E-state index in [9.17, 15) is 0 Å². The first-order valence-corrected chi connectivity index (χ1v) is 10.8. The summed E-state index contributed by atoms with van der Waals surface area (Å²) in [5.74, 6) is 1.88. The van der Waals surface area contributed by atoms with Crippen molar-refractivity contribution >= 4 is 34.4 Å². The molecule has 0 amide bonds. The number of hydrogen-bond acceptors (Lipinski definition) is 6. The maximum absolute atomic E-state index is 4.72. The van der Waals surface area contributed by atoms with Crippen LogP contribution >= 0.6 is 11.8 Å². The predicted molar refractivity (Wildman–Crippen MR) is 124 cm³/mol. The molecule has 7 heteroatoms. The van der Waals surface area contributed by atoms with Crippen LogP contribution < -0.4 is 5.32 Å². The van der Waals surface area contributed by atoms with Gasteiger partial charge in [-0.05, 0) is 48.5 Å². The van der Waals surface area contributed by atoms with Gasteiger partial charge in [-0.2, -0.15) is 15.1 Å². The molecule has 5 aromatic rings. The van der Waals surface area contributed by atoms with E-state index in [1.165, 1.54) is 17.3 Å². The maximum Gasteiger partial charge on any atom is 0.232 e. The van der Waals surface area contributed by atoms with Crippen LogP contribution in [0.5, 0.6) is 0 Å². The minimum absolute atomic E-state index is 0.480. The van der Waals surface area contributed by atoms with E-state index >= 15 is 0 Å². The summed E-state index contributed by atoms with van der Waals surface area (Å²) in [7, 11) is 0. The van der Waals surface area contributed by atoms with Crippen molar-refractivity contribution in [2.45, 2.75) is 23.4 Å². The van der Waals surface area contributed by atoms with Crippen molar-refractivity contribution in [2.75, 3.05) is 5.32 Å². The molecule has 0 aliphatic rings. The zero-order chi connectivity index (χ0) is 21.0. The van der Waals surface area contributed by atoms with Gasteiger partial charge < -0.3 is 5.32 Å². The van der Waals surface area contributed by atoms with Crippen LogP contribution in [-0.4, -0.2) is 25.1 Å². The minimum Gasteiger partial charge on any atom is -0.307 e. The van der Waals surface area contributed by atoms with Crippen LogP contribution in [0.2, 0.25) is 0 Å². The molecule has 0 spiro atoms. The Morgan fingerprint density at radius 2 is 1.71 bits per heavy atom. The normalized spacial score (nSPS) is 11.0. The Labute approximate surface area is 184 Å². The number of aromatic nitrogens is 5. The summed E-state index contributed by atoms with van der Waals surface area (Å²) in [6.45, 7) is 2.09. The molecule has 2 N–H and O–H groups in total. The zero-order valence-corrected chi connectivity index (χ0v) is 17.7. The van der Waals surface area contributed by atoms with Crippen LogP contribution in [0.1, 0.15) is 17.0 Å². The van der Waals surface area contributed by atoms with Crippen molar-refractivity contribution in [1.82, 2.24) is 25.1 Å². The number of fused-ring (bicyclic) bond motifs is 1. The average Bonchev–Trinajstić information content (AvgIpc) is 3.17. The molecule has 152 valence electrons. The number of benzene rings is 3. The Morgan fingerprint density at radius 1 is 0.871 bits per heavy atom. The van der Waals surface area contributed by atoms with Gasteiger partial charge >= 0.3 is 0 Å². The van der Waals surface area contributed by atoms with E-state index in [1.807, 2.05) is 54.6 Å². The molecule has 5 rings (SSSR count). The molecule has 0 atom stereocenters. The van der Waals surface area contributed by atoms with Crippen molar-refractivity contribution in [2.24, 2.45) is 0 Å². The summed E-state index contributed by atoms with van der Waals surface area (Å²) in [5.41, 5.74) is 3.34. The lowest BCUT2D eigenvalue weighted by atomic mass is 10.1. The third-order valence-corrected chi connectivity index (χ3v) is 5.63. The van der Waals surface area contributed by atoms with Crippen molar-refractivity contribution < 1.29 is 0 Å². The number of aromatic amines is 1. The smallest absolute Gasteiger partial charge is 0.232 e. The molecular formula is C24H20N6S. The maximum atomic E-state index is 4.72. The summed E-state index contributed by atoms with van der Waals surface area (Å²) >= 11 is 1.52. The molecule has 0 saturated carbocycles. The second-order valence-electron chi connectivity index (χ2n) is 7.18. The number of nitrogens with one attached hydrogen (secondary N) is 2. The summed E-state index contributed by atoms with van der Waals surface area (Å²) in [4.78, 5) is 15.1. The van der Waals surface area contributed by atoms with Crippen LogP contribution in [0.3, 0.4) is 0 Å². The Hall–Kier alpha value is -3.71. The molecular weight excluding hydrogens is 404 g/mol. The second kappa shape index (κ2) is 8.57. The Morgan fingerprint density at radius 3 is 2.58 bits per heavy atom. The van der Waals surface area contributed by atoms with Crippen LogP contribution in [0, 0.1) is 6.92 Å². The lowest BCUT2D eigenvalue weighted by molar-refractivity contribution is 0.834. The quantitative estimate of drug-likeness (QED) is 0.372. The van der Waals surface area contributed by atoms with Crippen molar-refractivity contribution in [3.05, 3.63) is 95.8 Å². The molecule has 0 fully saturated rings. The Bertz CT molecular complexity index is 1330. The van der Waals surface area contributed by atoms with Gasteiger partial charge in [-0.1, -0.05) is 60.2 Å². The molecule has 0 bridgehead atoms. The number of hydrogen-bond donors (Lipinski definition) is 2. The first kappa shape index (κ1) is 19.3. The summed E-state index contributed by atoms with van der Waals surface area (Å²) in [6.07, 6.45) is 0.628. The third kappa shape index (κ3) is 4.57. The van der Waals surface area contributed by atoms with E-state index in [0.29, 0.717) is 29.2 Å². The molecule has 6 nitrogen and oxygen atoms in total. The Kier molecular flexibility index (Phi) is 5.33. The van der Waals surface area contributed by atoms with Gasteiger partial charge in [0.25, 0.3) is 0 Å². The molecule has 0 aliphatic heterocycles. The topological polar surface area (TPSA) is 79.4 Å². The van der Waals surface area contributed by atoms with Gasteiger partial charge in [0.1, 0.15) is 5.82 Å². The van der Waals surface area contributed by atoms with E-state index in [1.54, 1.807) is 0 Å². The molecule has 2 heterocycles. The predicted octanol–water partition coefficient (Wildman–Crippen LogP) is 5.54. The SMILES string of the molecule is Cc1cccc(Cc2nc(Nc3n[nH]c4ccccc34)nc(Sc3ccccc3)n2)c1. The van der Waals surface area contributed by atoms with Crippen molar-refractivity contribution in [3.8, 4) is 0 Å². The van der Waals surface area contributed by atoms with Gasteiger partial charge in [-0.3, -0.25) is 5.10 Å². The highest BCUT2D eigenvalue weighted by Crippen LogP contribution is 2.27. The lowest BCUT2D eigenvalue weighted by Crippen LogP contribution is -2.06. The van der Waals surface area contributed by atoms with E-state index in [2.05, 4.69) is 56.7 Å². The zero-order valence-electron chi connectivity index (χ0n) is 16.9. The highest BCUT2D eigenvalue weighted by atomic mass is 32.2.